The molecule has 2 amide bonds. The minimum atomic E-state index is -4.46. The van der Waals surface area contributed by atoms with Gasteiger partial charge in [0.25, 0.3) is 0 Å². The largest absolute Gasteiger partial charge is 0.406 e. The molecule has 0 spiro atoms. The predicted molar refractivity (Wildman–Crippen MR) is 78.8 cm³/mol. The normalized spacial score (nSPS) is 19.8. The van der Waals surface area contributed by atoms with Crippen LogP contribution in [0.1, 0.15) is 24.9 Å². The van der Waals surface area contributed by atoms with Crippen LogP contribution in [0.15, 0.2) is 24.3 Å². The average molecular weight is 349 g/mol. The van der Waals surface area contributed by atoms with E-state index >= 15 is 0 Å². The van der Waals surface area contributed by atoms with E-state index in [1.165, 1.54) is 0 Å². The fourth-order valence-corrected chi connectivity index (χ4v) is 2.61. The summed E-state index contributed by atoms with van der Waals surface area (Å²) in [5.74, 6) is -1.84. The maximum atomic E-state index is 12.4. The minimum Gasteiger partial charge on any atom is -0.349 e. The second-order valence-corrected chi connectivity index (χ2v) is 6.01. The van der Waals surface area contributed by atoms with Gasteiger partial charge >= 0.3 is 6.18 Å². The molecule has 126 valence electrons. The molecule has 0 radical (unpaired) electrons. The van der Waals surface area contributed by atoms with Gasteiger partial charge in [0, 0.05) is 18.0 Å². The van der Waals surface area contributed by atoms with Crippen molar-refractivity contribution in [2.75, 3.05) is 13.1 Å². The highest BCUT2D eigenvalue weighted by molar-refractivity contribution is 6.30. The lowest BCUT2D eigenvalue weighted by atomic mass is 10.1. The van der Waals surface area contributed by atoms with Crippen LogP contribution < -0.4 is 5.32 Å². The van der Waals surface area contributed by atoms with Crippen LogP contribution in [0.25, 0.3) is 0 Å². The Morgan fingerprint density at radius 2 is 2.00 bits per heavy atom. The Morgan fingerprint density at radius 3 is 2.57 bits per heavy atom. The van der Waals surface area contributed by atoms with E-state index in [1.54, 1.807) is 31.2 Å². The molecule has 2 rings (SSSR count). The summed E-state index contributed by atoms with van der Waals surface area (Å²) in [7, 11) is 0. The van der Waals surface area contributed by atoms with Gasteiger partial charge in [-0.05, 0) is 24.6 Å². The van der Waals surface area contributed by atoms with Crippen LogP contribution >= 0.6 is 11.6 Å². The molecule has 1 heterocycles. The lowest BCUT2D eigenvalue weighted by Crippen LogP contribution is -2.37. The average Bonchev–Trinajstić information content (AvgIpc) is 2.79. The molecular formula is C15H16ClF3N2O2. The standard InChI is InChI=1S/C15H16ClF3N2O2/c1-9(10-2-4-12(16)5-3-10)20-14(23)11-6-13(22)21(7-11)8-15(17,18)19/h2-5,9,11H,6-8H2,1H3,(H,20,23). The third kappa shape index (κ3) is 4.86. The molecule has 0 aliphatic carbocycles. The molecule has 1 aromatic carbocycles. The number of likely N-dealkylation sites (tertiary alicyclic amines) is 1. The first kappa shape index (κ1) is 17.6. The molecule has 2 atom stereocenters. The smallest absolute Gasteiger partial charge is 0.349 e. The van der Waals surface area contributed by atoms with Gasteiger partial charge in [-0.1, -0.05) is 23.7 Å². The molecule has 0 bridgehead atoms. The summed E-state index contributed by atoms with van der Waals surface area (Å²) < 4.78 is 37.1. The third-order valence-electron chi connectivity index (χ3n) is 3.68. The molecule has 8 heteroatoms. The zero-order valence-electron chi connectivity index (χ0n) is 12.4. The van der Waals surface area contributed by atoms with Crippen molar-refractivity contribution >= 4 is 23.4 Å². The molecule has 1 aliphatic heterocycles. The van der Waals surface area contributed by atoms with Gasteiger partial charge in [0.2, 0.25) is 11.8 Å². The summed E-state index contributed by atoms with van der Waals surface area (Å²) >= 11 is 5.79. The second-order valence-electron chi connectivity index (χ2n) is 5.57. The summed E-state index contributed by atoms with van der Waals surface area (Å²) in [4.78, 5) is 24.4. The molecule has 1 aromatic rings. The van der Waals surface area contributed by atoms with Crippen LogP contribution in [0.5, 0.6) is 0 Å². The zero-order valence-corrected chi connectivity index (χ0v) is 13.1. The molecule has 1 aliphatic rings. The molecule has 0 saturated carbocycles. The van der Waals surface area contributed by atoms with Crippen molar-refractivity contribution in [3.63, 3.8) is 0 Å². The van der Waals surface area contributed by atoms with E-state index < -0.39 is 30.5 Å². The number of alkyl halides is 3. The SMILES string of the molecule is CC(NC(=O)C1CC(=O)N(CC(F)(F)F)C1)c1ccc(Cl)cc1. The van der Waals surface area contributed by atoms with Gasteiger partial charge in [0.15, 0.2) is 0 Å². The van der Waals surface area contributed by atoms with E-state index in [0.29, 0.717) is 9.92 Å². The van der Waals surface area contributed by atoms with Crippen LogP contribution in [0.4, 0.5) is 13.2 Å². The first-order valence-corrected chi connectivity index (χ1v) is 7.44. The van der Waals surface area contributed by atoms with Crippen molar-refractivity contribution in [3.8, 4) is 0 Å². The van der Waals surface area contributed by atoms with Gasteiger partial charge in [-0.2, -0.15) is 13.2 Å². The summed E-state index contributed by atoms with van der Waals surface area (Å²) in [5.41, 5.74) is 0.819. The summed E-state index contributed by atoms with van der Waals surface area (Å²) in [6.45, 7) is 0.227. The Balaban J connectivity index is 1.93. The molecule has 2 unspecified atom stereocenters. The fraction of sp³-hybridized carbons (Fsp3) is 0.467. The van der Waals surface area contributed by atoms with Gasteiger partial charge in [0.1, 0.15) is 6.54 Å². The van der Waals surface area contributed by atoms with Crippen LogP contribution in [0.3, 0.4) is 0 Å². The van der Waals surface area contributed by atoms with Gasteiger partial charge in [-0.3, -0.25) is 9.59 Å². The molecule has 1 saturated heterocycles. The molecule has 1 N–H and O–H groups in total. The van der Waals surface area contributed by atoms with Crippen molar-refractivity contribution in [3.05, 3.63) is 34.9 Å². The second kappa shape index (κ2) is 6.78. The fourth-order valence-electron chi connectivity index (χ4n) is 2.48. The first-order valence-electron chi connectivity index (χ1n) is 7.06. The number of carbonyl (C=O) groups excluding carboxylic acids is 2. The van der Waals surface area contributed by atoms with Crippen molar-refractivity contribution in [2.24, 2.45) is 5.92 Å². The van der Waals surface area contributed by atoms with Gasteiger partial charge in [-0.25, -0.2) is 0 Å². The highest BCUT2D eigenvalue weighted by Gasteiger charge is 2.40. The number of nitrogens with one attached hydrogen (secondary N) is 1. The highest BCUT2D eigenvalue weighted by Crippen LogP contribution is 2.25. The maximum absolute atomic E-state index is 12.4. The number of rotatable bonds is 4. The van der Waals surface area contributed by atoms with Crippen molar-refractivity contribution in [1.82, 2.24) is 10.2 Å². The summed E-state index contributed by atoms with van der Waals surface area (Å²) in [6, 6.07) is 6.55. The van der Waals surface area contributed by atoms with E-state index in [1.807, 2.05) is 0 Å². The van der Waals surface area contributed by atoms with Crippen LogP contribution in [0.2, 0.25) is 5.02 Å². The van der Waals surface area contributed by atoms with Crippen molar-refractivity contribution < 1.29 is 22.8 Å². The molecule has 23 heavy (non-hydrogen) atoms. The summed E-state index contributed by atoms with van der Waals surface area (Å²) in [5, 5.41) is 3.29. The Kier molecular flexibility index (Phi) is 5.19. The first-order chi connectivity index (χ1) is 10.7. The minimum absolute atomic E-state index is 0.199. The monoisotopic (exact) mass is 348 g/mol. The number of halogens is 4. The van der Waals surface area contributed by atoms with Crippen molar-refractivity contribution in [1.29, 1.82) is 0 Å². The van der Waals surface area contributed by atoms with E-state index in [9.17, 15) is 22.8 Å². The Labute approximate surface area is 136 Å². The maximum Gasteiger partial charge on any atom is 0.406 e. The molecule has 4 nitrogen and oxygen atoms in total. The van der Waals surface area contributed by atoms with Crippen LogP contribution in [-0.4, -0.2) is 36.0 Å². The van der Waals surface area contributed by atoms with E-state index in [4.69, 9.17) is 11.6 Å². The van der Waals surface area contributed by atoms with E-state index in [-0.39, 0.29) is 19.0 Å². The van der Waals surface area contributed by atoms with Crippen molar-refractivity contribution in [2.45, 2.75) is 25.6 Å². The highest BCUT2D eigenvalue weighted by atomic mass is 35.5. The topological polar surface area (TPSA) is 49.4 Å². The zero-order chi connectivity index (χ0) is 17.2. The van der Waals surface area contributed by atoms with Gasteiger partial charge in [-0.15, -0.1) is 0 Å². The van der Waals surface area contributed by atoms with Gasteiger partial charge in [0.05, 0.1) is 12.0 Å². The predicted octanol–water partition coefficient (Wildman–Crippen LogP) is 2.93. The van der Waals surface area contributed by atoms with E-state index in [2.05, 4.69) is 5.32 Å². The number of amides is 2. The number of nitrogens with zero attached hydrogens (tertiary/aromatic N) is 1. The number of hydrogen-bond acceptors (Lipinski definition) is 2. The number of benzene rings is 1. The Hall–Kier alpha value is -1.76. The lowest BCUT2D eigenvalue weighted by molar-refractivity contribution is -0.157. The molecule has 0 aromatic heterocycles. The van der Waals surface area contributed by atoms with Crippen LogP contribution in [0, 0.1) is 5.92 Å². The Morgan fingerprint density at radius 1 is 1.39 bits per heavy atom. The third-order valence-corrected chi connectivity index (χ3v) is 3.94. The quantitative estimate of drug-likeness (QED) is 0.909. The Bertz CT molecular complexity index is 589. The van der Waals surface area contributed by atoms with Crippen LogP contribution in [-0.2, 0) is 9.59 Å². The van der Waals surface area contributed by atoms with Gasteiger partial charge < -0.3 is 10.2 Å². The number of hydrogen-bond donors (Lipinski definition) is 1. The number of carbonyl (C=O) groups is 2. The summed E-state index contributed by atoms with van der Waals surface area (Å²) in [6.07, 6.45) is -4.66. The lowest BCUT2D eigenvalue weighted by Gasteiger charge is -2.19. The molecule has 1 fully saturated rings. The molecular weight excluding hydrogens is 333 g/mol. The van der Waals surface area contributed by atoms with E-state index in [0.717, 1.165) is 5.56 Å².